The van der Waals surface area contributed by atoms with E-state index in [9.17, 15) is 0 Å². The van der Waals surface area contributed by atoms with E-state index in [1.54, 1.807) is 11.3 Å². The predicted molar refractivity (Wildman–Crippen MR) is 81.0 cm³/mol. The zero-order valence-electron chi connectivity index (χ0n) is 11.0. The summed E-state index contributed by atoms with van der Waals surface area (Å²) in [5.41, 5.74) is 4.00. The molecular weight excluding hydrogens is 278 g/mol. The second kappa shape index (κ2) is 4.62. The molecule has 2 aromatic heterocycles. The van der Waals surface area contributed by atoms with Crippen molar-refractivity contribution in [2.45, 2.75) is 26.8 Å². The van der Waals surface area contributed by atoms with Gasteiger partial charge in [-0.1, -0.05) is 12.1 Å². The van der Waals surface area contributed by atoms with Crippen LogP contribution in [0, 0.1) is 6.92 Å². The third kappa shape index (κ3) is 2.05. The van der Waals surface area contributed by atoms with E-state index in [2.05, 4.69) is 35.3 Å². The van der Waals surface area contributed by atoms with Crippen LogP contribution >= 0.6 is 22.9 Å². The zero-order valence-corrected chi connectivity index (χ0v) is 12.6. The van der Waals surface area contributed by atoms with Gasteiger partial charge in [0.15, 0.2) is 0 Å². The van der Waals surface area contributed by atoms with E-state index in [1.807, 2.05) is 23.6 Å². The molecule has 0 unspecified atom stereocenters. The van der Waals surface area contributed by atoms with Gasteiger partial charge in [-0.25, -0.2) is 9.97 Å². The van der Waals surface area contributed by atoms with E-state index in [1.165, 1.54) is 0 Å². The minimum atomic E-state index is 0.282. The topological polar surface area (TPSA) is 30.7 Å². The molecule has 0 aliphatic carbocycles. The fraction of sp³-hybridized carbons (Fsp3) is 0.286. The van der Waals surface area contributed by atoms with Crippen LogP contribution in [-0.2, 0) is 0 Å². The Labute approximate surface area is 120 Å². The highest BCUT2D eigenvalue weighted by atomic mass is 35.5. The summed E-state index contributed by atoms with van der Waals surface area (Å²) in [5, 5.41) is 3.65. The van der Waals surface area contributed by atoms with Gasteiger partial charge < -0.3 is 4.57 Å². The Morgan fingerprint density at radius 1 is 1.26 bits per heavy atom. The van der Waals surface area contributed by atoms with Crippen molar-refractivity contribution < 1.29 is 0 Å². The predicted octanol–water partition coefficient (Wildman–Crippen LogP) is 4.70. The highest BCUT2D eigenvalue weighted by Gasteiger charge is 2.15. The lowest BCUT2D eigenvalue weighted by molar-refractivity contribution is 0.618. The first-order chi connectivity index (χ1) is 9.08. The lowest BCUT2D eigenvalue weighted by atomic mass is 10.1. The standard InChI is InChI=1S/C14H14ClN3S/c1-8(2)18-12-6-4-5-10(13(12)17-14(18)15)11-7-19-9(3)16-11/h4-8H,1-3H3. The van der Waals surface area contributed by atoms with E-state index in [4.69, 9.17) is 11.6 Å². The minimum absolute atomic E-state index is 0.282. The Balaban J connectivity index is 2.30. The zero-order chi connectivity index (χ0) is 13.6. The van der Waals surface area contributed by atoms with Crippen molar-refractivity contribution in [1.82, 2.24) is 14.5 Å². The van der Waals surface area contributed by atoms with Crippen LogP contribution in [0.1, 0.15) is 24.9 Å². The number of halogens is 1. The smallest absolute Gasteiger partial charge is 0.204 e. The molecule has 0 saturated carbocycles. The summed E-state index contributed by atoms with van der Waals surface area (Å²) < 4.78 is 2.04. The van der Waals surface area contributed by atoms with Crippen molar-refractivity contribution in [2.75, 3.05) is 0 Å². The van der Waals surface area contributed by atoms with Crippen molar-refractivity contribution in [3.8, 4) is 11.3 Å². The first kappa shape index (κ1) is 12.6. The Bertz CT molecular complexity index is 742. The number of hydrogen-bond acceptors (Lipinski definition) is 3. The third-order valence-corrected chi connectivity index (χ3v) is 4.13. The first-order valence-electron chi connectivity index (χ1n) is 6.17. The number of rotatable bonds is 2. The van der Waals surface area contributed by atoms with E-state index in [-0.39, 0.29) is 6.04 Å². The molecular formula is C14H14ClN3S. The molecule has 0 fully saturated rings. The van der Waals surface area contributed by atoms with Crippen LogP contribution in [0.15, 0.2) is 23.6 Å². The highest BCUT2D eigenvalue weighted by molar-refractivity contribution is 7.09. The number of fused-ring (bicyclic) bond motifs is 1. The van der Waals surface area contributed by atoms with Gasteiger partial charge in [-0.05, 0) is 38.4 Å². The normalized spacial score (nSPS) is 11.6. The molecule has 1 aromatic carbocycles. The molecule has 0 saturated heterocycles. The quantitative estimate of drug-likeness (QED) is 0.685. The molecule has 0 aliphatic rings. The molecule has 0 amide bonds. The third-order valence-electron chi connectivity index (χ3n) is 3.09. The number of thiazole rings is 1. The maximum atomic E-state index is 6.26. The summed E-state index contributed by atoms with van der Waals surface area (Å²) in [4.78, 5) is 9.05. The first-order valence-corrected chi connectivity index (χ1v) is 7.42. The number of para-hydroxylation sites is 1. The summed E-state index contributed by atoms with van der Waals surface area (Å²) in [5.74, 6) is 0. The Morgan fingerprint density at radius 3 is 2.68 bits per heavy atom. The van der Waals surface area contributed by atoms with Gasteiger partial charge in [-0.15, -0.1) is 11.3 Å². The van der Waals surface area contributed by atoms with Gasteiger partial charge in [0.1, 0.15) is 0 Å². The van der Waals surface area contributed by atoms with Gasteiger partial charge in [0.2, 0.25) is 5.28 Å². The number of aryl methyl sites for hydroxylation is 1. The van der Waals surface area contributed by atoms with Crippen LogP contribution < -0.4 is 0 Å². The van der Waals surface area contributed by atoms with Crippen LogP contribution in [0.4, 0.5) is 0 Å². The Morgan fingerprint density at radius 2 is 2.05 bits per heavy atom. The van der Waals surface area contributed by atoms with E-state index < -0.39 is 0 Å². The SMILES string of the molecule is Cc1nc(-c2cccc3c2nc(Cl)n3C(C)C)cs1. The Hall–Kier alpha value is -1.39. The molecule has 98 valence electrons. The van der Waals surface area contributed by atoms with Crippen LogP contribution in [0.3, 0.4) is 0 Å². The van der Waals surface area contributed by atoms with Gasteiger partial charge in [-0.2, -0.15) is 0 Å². The van der Waals surface area contributed by atoms with E-state index >= 15 is 0 Å². The molecule has 0 atom stereocenters. The monoisotopic (exact) mass is 291 g/mol. The lowest BCUT2D eigenvalue weighted by Crippen LogP contribution is -2.00. The van der Waals surface area contributed by atoms with E-state index in [0.717, 1.165) is 27.3 Å². The van der Waals surface area contributed by atoms with Gasteiger partial charge in [0, 0.05) is 17.0 Å². The largest absolute Gasteiger partial charge is 0.312 e. The maximum absolute atomic E-state index is 6.26. The van der Waals surface area contributed by atoms with Crippen molar-refractivity contribution >= 4 is 34.0 Å². The number of imidazole rings is 1. The van der Waals surface area contributed by atoms with Crippen LogP contribution in [0.25, 0.3) is 22.3 Å². The molecule has 0 aliphatic heterocycles. The average molecular weight is 292 g/mol. The molecule has 5 heteroatoms. The van der Waals surface area contributed by atoms with Gasteiger partial charge in [0.25, 0.3) is 0 Å². The Kier molecular flexibility index (Phi) is 3.07. The second-order valence-electron chi connectivity index (χ2n) is 4.77. The lowest BCUT2D eigenvalue weighted by Gasteiger charge is -2.09. The van der Waals surface area contributed by atoms with E-state index in [0.29, 0.717) is 5.28 Å². The summed E-state index contributed by atoms with van der Waals surface area (Å²) in [6.07, 6.45) is 0. The van der Waals surface area contributed by atoms with Crippen LogP contribution in [0.5, 0.6) is 0 Å². The number of aromatic nitrogens is 3. The average Bonchev–Trinajstić information content (AvgIpc) is 2.90. The minimum Gasteiger partial charge on any atom is -0.312 e. The maximum Gasteiger partial charge on any atom is 0.204 e. The van der Waals surface area contributed by atoms with Crippen LogP contribution in [-0.4, -0.2) is 14.5 Å². The van der Waals surface area contributed by atoms with Gasteiger partial charge >= 0.3 is 0 Å². The highest BCUT2D eigenvalue weighted by Crippen LogP contribution is 2.32. The van der Waals surface area contributed by atoms with Crippen LogP contribution in [0.2, 0.25) is 5.28 Å². The summed E-state index contributed by atoms with van der Waals surface area (Å²) in [6.45, 7) is 6.22. The summed E-state index contributed by atoms with van der Waals surface area (Å²) in [6, 6.07) is 6.41. The fourth-order valence-corrected chi connectivity index (χ4v) is 3.26. The van der Waals surface area contributed by atoms with Crippen molar-refractivity contribution in [3.63, 3.8) is 0 Å². The molecule has 0 bridgehead atoms. The number of hydrogen-bond donors (Lipinski definition) is 0. The molecule has 0 radical (unpaired) electrons. The summed E-state index contributed by atoms with van der Waals surface area (Å²) >= 11 is 7.91. The molecule has 19 heavy (non-hydrogen) atoms. The summed E-state index contributed by atoms with van der Waals surface area (Å²) in [7, 11) is 0. The molecule has 0 spiro atoms. The van der Waals surface area contributed by atoms with Crippen molar-refractivity contribution in [1.29, 1.82) is 0 Å². The van der Waals surface area contributed by atoms with Gasteiger partial charge in [-0.3, -0.25) is 0 Å². The van der Waals surface area contributed by atoms with Crippen molar-refractivity contribution in [2.24, 2.45) is 0 Å². The molecule has 0 N–H and O–H groups in total. The molecule has 3 nitrogen and oxygen atoms in total. The van der Waals surface area contributed by atoms with Crippen molar-refractivity contribution in [3.05, 3.63) is 33.9 Å². The second-order valence-corrected chi connectivity index (χ2v) is 6.17. The number of benzene rings is 1. The fourth-order valence-electron chi connectivity index (χ4n) is 2.27. The number of nitrogens with zero attached hydrogens (tertiary/aromatic N) is 3. The molecule has 3 rings (SSSR count). The molecule has 3 aromatic rings. The van der Waals surface area contributed by atoms with Gasteiger partial charge in [0.05, 0.1) is 21.7 Å². The molecule has 2 heterocycles.